The molecule has 3 aromatic rings. The number of rotatable bonds is 6. The highest BCUT2D eigenvalue weighted by atomic mass is 16.3. The molecule has 0 saturated heterocycles. The Morgan fingerprint density at radius 1 is 0.410 bits per heavy atom. The van der Waals surface area contributed by atoms with Crippen LogP contribution in [0.3, 0.4) is 0 Å². The lowest BCUT2D eigenvalue weighted by molar-refractivity contribution is 0.274. The van der Waals surface area contributed by atoms with E-state index >= 15 is 0 Å². The Bertz CT molecular complexity index is 1250. The molecular weight excluding hydrogens is 488 g/mol. The van der Waals surface area contributed by atoms with Gasteiger partial charge < -0.3 is 25.5 Å². The van der Waals surface area contributed by atoms with E-state index in [1.807, 2.05) is 36.4 Å². The van der Waals surface area contributed by atoms with Gasteiger partial charge >= 0.3 is 0 Å². The monoisotopic (exact) mass is 534 g/mol. The summed E-state index contributed by atoms with van der Waals surface area (Å²) in [6.07, 6.45) is 0.558. The maximum atomic E-state index is 11.5. The molecule has 0 aromatic heterocycles. The standard InChI is InChI=1S/C34H46O5/c1-32(2,3)26-12-20(10-22-14-27(33(4,5)6)16-24(18-35)30(22)38)29(37)21(13-26)11-23-15-28(34(7,8)9)17-25(19-36)31(23)39/h12-17,35-39H,10-11,18-19H2,1-9H3. The first-order chi connectivity index (χ1) is 17.9. The van der Waals surface area contributed by atoms with Crippen molar-refractivity contribution in [2.45, 2.75) is 105 Å². The lowest BCUT2D eigenvalue weighted by Crippen LogP contribution is -2.14. The Labute approximate surface area is 233 Å². The van der Waals surface area contributed by atoms with Crippen molar-refractivity contribution in [3.63, 3.8) is 0 Å². The number of hydrogen-bond donors (Lipinski definition) is 5. The van der Waals surface area contributed by atoms with Crippen LogP contribution in [0.4, 0.5) is 0 Å². The van der Waals surface area contributed by atoms with Crippen molar-refractivity contribution >= 4 is 0 Å². The van der Waals surface area contributed by atoms with Crippen LogP contribution in [-0.4, -0.2) is 25.5 Å². The van der Waals surface area contributed by atoms with Gasteiger partial charge in [0.05, 0.1) is 13.2 Å². The van der Waals surface area contributed by atoms with Gasteiger partial charge in [0, 0.05) is 24.0 Å². The average molecular weight is 535 g/mol. The second-order valence-electron chi connectivity index (χ2n) is 13.8. The van der Waals surface area contributed by atoms with Crippen LogP contribution in [-0.2, 0) is 42.3 Å². The van der Waals surface area contributed by atoms with Crippen LogP contribution in [0.15, 0.2) is 36.4 Å². The third-order valence-corrected chi connectivity index (χ3v) is 7.50. The molecule has 0 heterocycles. The molecule has 5 heteroatoms. The topological polar surface area (TPSA) is 101 Å². The first-order valence-corrected chi connectivity index (χ1v) is 13.6. The van der Waals surface area contributed by atoms with Crippen LogP contribution >= 0.6 is 0 Å². The molecule has 0 saturated carbocycles. The van der Waals surface area contributed by atoms with E-state index in [1.54, 1.807) is 0 Å². The Balaban J connectivity index is 2.20. The summed E-state index contributed by atoms with van der Waals surface area (Å²) in [6, 6.07) is 11.5. The molecule has 0 aliphatic rings. The molecule has 0 spiro atoms. The second kappa shape index (κ2) is 10.9. The van der Waals surface area contributed by atoms with Crippen LogP contribution in [0.5, 0.6) is 17.2 Å². The lowest BCUT2D eigenvalue weighted by Gasteiger charge is -2.25. The van der Waals surface area contributed by atoms with E-state index in [0.717, 1.165) is 16.7 Å². The molecule has 5 nitrogen and oxygen atoms in total. The van der Waals surface area contributed by atoms with Gasteiger partial charge in [-0.15, -0.1) is 0 Å². The van der Waals surface area contributed by atoms with E-state index in [0.29, 0.717) is 33.4 Å². The normalized spacial score (nSPS) is 12.7. The smallest absolute Gasteiger partial charge is 0.124 e. The van der Waals surface area contributed by atoms with Crippen molar-refractivity contribution in [3.8, 4) is 17.2 Å². The third kappa shape index (κ3) is 6.77. The number of hydrogen-bond acceptors (Lipinski definition) is 5. The summed E-state index contributed by atoms with van der Waals surface area (Å²) in [5.74, 6) is 0.187. The summed E-state index contributed by atoms with van der Waals surface area (Å²) in [5.41, 5.74) is 5.94. The second-order valence-corrected chi connectivity index (χ2v) is 13.8. The van der Waals surface area contributed by atoms with Crippen LogP contribution in [0, 0.1) is 0 Å². The van der Waals surface area contributed by atoms with Gasteiger partial charge in [-0.25, -0.2) is 0 Å². The summed E-state index contributed by atoms with van der Waals surface area (Å²) in [6.45, 7) is 18.3. The first kappa shape index (κ1) is 30.5. The predicted octanol–water partition coefficient (Wildman–Crippen LogP) is 6.86. The fourth-order valence-electron chi connectivity index (χ4n) is 4.77. The molecule has 39 heavy (non-hydrogen) atoms. The third-order valence-electron chi connectivity index (χ3n) is 7.50. The van der Waals surface area contributed by atoms with E-state index in [4.69, 9.17) is 0 Å². The van der Waals surface area contributed by atoms with Crippen molar-refractivity contribution in [2.75, 3.05) is 0 Å². The zero-order chi connectivity index (χ0) is 29.5. The molecule has 3 rings (SSSR count). The van der Waals surface area contributed by atoms with Crippen LogP contribution in [0.1, 0.15) is 112 Å². The predicted molar refractivity (Wildman–Crippen MR) is 158 cm³/mol. The fourth-order valence-corrected chi connectivity index (χ4v) is 4.77. The average Bonchev–Trinajstić information content (AvgIpc) is 2.81. The zero-order valence-electron chi connectivity index (χ0n) is 25.0. The fraction of sp³-hybridized carbons (Fsp3) is 0.471. The molecule has 0 fully saturated rings. The highest BCUT2D eigenvalue weighted by Crippen LogP contribution is 2.39. The van der Waals surface area contributed by atoms with E-state index < -0.39 is 0 Å². The minimum atomic E-state index is -0.279. The summed E-state index contributed by atoms with van der Waals surface area (Å²) in [7, 11) is 0. The zero-order valence-corrected chi connectivity index (χ0v) is 25.0. The number of benzene rings is 3. The number of aromatic hydroxyl groups is 3. The van der Waals surface area contributed by atoms with Gasteiger partial charge in [0.2, 0.25) is 0 Å². The molecule has 0 unspecified atom stereocenters. The highest BCUT2D eigenvalue weighted by molar-refractivity contribution is 5.55. The van der Waals surface area contributed by atoms with E-state index in [9.17, 15) is 25.5 Å². The van der Waals surface area contributed by atoms with E-state index in [-0.39, 0.29) is 59.5 Å². The van der Waals surface area contributed by atoms with E-state index in [1.165, 1.54) is 0 Å². The van der Waals surface area contributed by atoms with Gasteiger partial charge in [-0.3, -0.25) is 0 Å². The Morgan fingerprint density at radius 2 is 0.615 bits per heavy atom. The van der Waals surface area contributed by atoms with Gasteiger partial charge in [0.15, 0.2) is 0 Å². The van der Waals surface area contributed by atoms with Gasteiger partial charge in [0.1, 0.15) is 17.2 Å². The van der Waals surface area contributed by atoms with Crippen LogP contribution in [0.25, 0.3) is 0 Å². The Kier molecular flexibility index (Phi) is 8.50. The van der Waals surface area contributed by atoms with Gasteiger partial charge in [0.25, 0.3) is 0 Å². The molecule has 212 valence electrons. The number of phenolic OH excluding ortho intramolecular Hbond substituents is 1. The lowest BCUT2D eigenvalue weighted by atomic mass is 9.81. The maximum Gasteiger partial charge on any atom is 0.124 e. The van der Waals surface area contributed by atoms with Crippen molar-refractivity contribution < 1.29 is 25.5 Å². The molecule has 0 radical (unpaired) electrons. The first-order valence-electron chi connectivity index (χ1n) is 13.6. The summed E-state index contributed by atoms with van der Waals surface area (Å²) < 4.78 is 0. The molecule has 0 atom stereocenters. The minimum absolute atomic E-state index is 0.0377. The highest BCUT2D eigenvalue weighted by Gasteiger charge is 2.24. The number of phenols is 3. The molecule has 0 aliphatic carbocycles. The van der Waals surface area contributed by atoms with Gasteiger partial charge in [-0.2, -0.15) is 0 Å². The maximum absolute atomic E-state index is 11.5. The SMILES string of the molecule is CC(C)(C)c1cc(CO)c(O)c(Cc2cc(C(C)(C)C)cc(Cc3cc(C(C)(C)C)cc(CO)c3O)c2O)c1. The summed E-state index contributed by atoms with van der Waals surface area (Å²) in [4.78, 5) is 0. The largest absolute Gasteiger partial charge is 0.507 e. The summed E-state index contributed by atoms with van der Waals surface area (Å²) in [5, 5.41) is 53.3. The van der Waals surface area contributed by atoms with Crippen molar-refractivity contribution in [1.29, 1.82) is 0 Å². The quantitative estimate of drug-likeness (QED) is 0.238. The Hall–Kier alpha value is -3.02. The van der Waals surface area contributed by atoms with Crippen LogP contribution in [0.2, 0.25) is 0 Å². The molecule has 5 N–H and O–H groups in total. The molecular formula is C34H46O5. The molecule has 0 bridgehead atoms. The van der Waals surface area contributed by atoms with Crippen molar-refractivity contribution in [1.82, 2.24) is 0 Å². The molecule has 0 amide bonds. The van der Waals surface area contributed by atoms with Gasteiger partial charge in [-0.1, -0.05) is 86.6 Å². The number of aliphatic hydroxyl groups is 2. The van der Waals surface area contributed by atoms with Crippen LogP contribution < -0.4 is 0 Å². The molecule has 3 aromatic carbocycles. The number of aliphatic hydroxyl groups excluding tert-OH is 2. The van der Waals surface area contributed by atoms with Crippen molar-refractivity contribution in [3.05, 3.63) is 86.5 Å². The Morgan fingerprint density at radius 3 is 0.821 bits per heavy atom. The van der Waals surface area contributed by atoms with Gasteiger partial charge in [-0.05, 0) is 67.3 Å². The van der Waals surface area contributed by atoms with Crippen molar-refractivity contribution in [2.24, 2.45) is 0 Å². The minimum Gasteiger partial charge on any atom is -0.507 e. The molecule has 0 aliphatic heterocycles. The summed E-state index contributed by atoms with van der Waals surface area (Å²) >= 11 is 0. The van der Waals surface area contributed by atoms with E-state index in [2.05, 4.69) is 62.3 Å².